The molecular weight excluding hydrogens is 280 g/mol. The number of nitrogens with one attached hydrogen (secondary N) is 2. The zero-order chi connectivity index (χ0) is 14.5. The van der Waals surface area contributed by atoms with Gasteiger partial charge >= 0.3 is 0 Å². The second-order valence-electron chi connectivity index (χ2n) is 4.16. The zero-order valence-electron chi connectivity index (χ0n) is 11.4. The van der Waals surface area contributed by atoms with Gasteiger partial charge in [0.25, 0.3) is 5.95 Å². The monoisotopic (exact) mass is 296 g/mol. The van der Waals surface area contributed by atoms with Crippen LogP contribution < -0.4 is 10.6 Å². The minimum Gasteiger partial charge on any atom is -0.357 e. The highest BCUT2D eigenvalue weighted by Crippen LogP contribution is 2.09. The second kappa shape index (κ2) is 6.37. The highest BCUT2D eigenvalue weighted by atomic mass is 32.2. The Morgan fingerprint density at radius 3 is 2.70 bits per heavy atom. The molecule has 2 heterocycles. The number of nitrogens with zero attached hydrogens (tertiary/aromatic N) is 6. The summed E-state index contributed by atoms with van der Waals surface area (Å²) in [6.07, 6.45) is 4.56. The van der Waals surface area contributed by atoms with Gasteiger partial charge in [0, 0.05) is 35.9 Å². The van der Waals surface area contributed by atoms with Crippen molar-refractivity contribution in [2.24, 2.45) is 0 Å². The molecule has 0 bridgehead atoms. The van der Waals surface area contributed by atoms with E-state index in [-0.39, 0.29) is 6.04 Å². The van der Waals surface area contributed by atoms with E-state index in [0.29, 0.717) is 23.6 Å². The number of hydrogen-bond acceptors (Lipinski definition) is 8. The van der Waals surface area contributed by atoms with Crippen molar-refractivity contribution < 1.29 is 4.21 Å². The van der Waals surface area contributed by atoms with Gasteiger partial charge in [0.2, 0.25) is 11.9 Å². The van der Waals surface area contributed by atoms with Crippen LogP contribution in [0.2, 0.25) is 0 Å². The van der Waals surface area contributed by atoms with E-state index in [4.69, 9.17) is 0 Å². The molecule has 0 aromatic carbocycles. The van der Waals surface area contributed by atoms with Crippen LogP contribution in [-0.2, 0) is 10.8 Å². The van der Waals surface area contributed by atoms with Crippen molar-refractivity contribution in [3.8, 4) is 5.95 Å². The average Bonchev–Trinajstić information content (AvgIpc) is 2.91. The van der Waals surface area contributed by atoms with Gasteiger partial charge in [-0.3, -0.25) is 4.21 Å². The van der Waals surface area contributed by atoms with Crippen LogP contribution in [0.1, 0.15) is 6.92 Å². The lowest BCUT2D eigenvalue weighted by molar-refractivity contribution is 0.682. The van der Waals surface area contributed by atoms with Gasteiger partial charge in [-0.15, -0.1) is 0 Å². The summed E-state index contributed by atoms with van der Waals surface area (Å²) in [4.78, 5) is 16.5. The molecule has 108 valence electrons. The van der Waals surface area contributed by atoms with Gasteiger partial charge in [0.1, 0.15) is 12.7 Å². The molecule has 0 aliphatic carbocycles. The van der Waals surface area contributed by atoms with Gasteiger partial charge in [-0.05, 0) is 6.92 Å². The maximum Gasteiger partial charge on any atom is 0.258 e. The Hall–Kier alpha value is -2.10. The van der Waals surface area contributed by atoms with Crippen LogP contribution in [0.25, 0.3) is 5.95 Å². The molecule has 0 saturated carbocycles. The van der Waals surface area contributed by atoms with Crippen LogP contribution in [0.4, 0.5) is 11.9 Å². The molecule has 0 amide bonds. The van der Waals surface area contributed by atoms with Gasteiger partial charge in [-0.2, -0.15) is 24.7 Å². The summed E-state index contributed by atoms with van der Waals surface area (Å²) in [5, 5.41) is 9.93. The van der Waals surface area contributed by atoms with Gasteiger partial charge in [0.05, 0.1) is 0 Å². The van der Waals surface area contributed by atoms with Crippen molar-refractivity contribution in [2.45, 2.75) is 13.0 Å². The van der Waals surface area contributed by atoms with Crippen LogP contribution in [0.15, 0.2) is 12.7 Å². The summed E-state index contributed by atoms with van der Waals surface area (Å²) in [7, 11) is 0.829. The minimum atomic E-state index is -0.888. The van der Waals surface area contributed by atoms with E-state index >= 15 is 0 Å². The lowest BCUT2D eigenvalue weighted by Crippen LogP contribution is -2.24. The first kappa shape index (κ1) is 14.3. The van der Waals surface area contributed by atoms with Crippen LogP contribution in [-0.4, -0.2) is 59.0 Å². The van der Waals surface area contributed by atoms with E-state index in [9.17, 15) is 4.21 Å². The fourth-order valence-electron chi connectivity index (χ4n) is 1.57. The first-order chi connectivity index (χ1) is 9.58. The Bertz CT molecular complexity index is 587. The van der Waals surface area contributed by atoms with Crippen molar-refractivity contribution in [3.05, 3.63) is 12.7 Å². The third-order valence-electron chi connectivity index (χ3n) is 2.33. The number of rotatable bonds is 6. The third-order valence-corrected chi connectivity index (χ3v) is 3.30. The molecule has 20 heavy (non-hydrogen) atoms. The Labute approximate surface area is 118 Å². The summed E-state index contributed by atoms with van der Waals surface area (Å²) in [6, 6.07) is -0.0171. The molecule has 0 saturated heterocycles. The second-order valence-corrected chi connectivity index (χ2v) is 5.64. The normalized spacial score (nSPS) is 13.8. The third kappa shape index (κ3) is 3.70. The summed E-state index contributed by atoms with van der Waals surface area (Å²) in [6.45, 7) is 1.92. The van der Waals surface area contributed by atoms with E-state index < -0.39 is 10.8 Å². The molecule has 9 nitrogen and oxygen atoms in total. The molecule has 2 N–H and O–H groups in total. The molecule has 2 aromatic rings. The molecule has 2 rings (SSSR count). The van der Waals surface area contributed by atoms with E-state index in [1.54, 1.807) is 13.3 Å². The first-order valence-electron chi connectivity index (χ1n) is 5.94. The molecule has 2 unspecified atom stereocenters. The van der Waals surface area contributed by atoms with Crippen LogP contribution >= 0.6 is 0 Å². The lowest BCUT2D eigenvalue weighted by Gasteiger charge is -2.13. The number of aromatic nitrogens is 6. The van der Waals surface area contributed by atoms with Crippen LogP contribution in [0.3, 0.4) is 0 Å². The fourth-order valence-corrected chi connectivity index (χ4v) is 2.36. The largest absolute Gasteiger partial charge is 0.357 e. The molecule has 0 aliphatic heterocycles. The SMILES string of the molecule is CNc1nc(NC(C)CS(C)=O)nc(-n2cncn2)n1. The van der Waals surface area contributed by atoms with Gasteiger partial charge in [-0.1, -0.05) is 0 Å². The highest BCUT2D eigenvalue weighted by Gasteiger charge is 2.11. The molecule has 2 aromatic heterocycles. The van der Waals surface area contributed by atoms with Crippen molar-refractivity contribution >= 4 is 22.7 Å². The molecule has 0 fully saturated rings. The van der Waals surface area contributed by atoms with E-state index in [2.05, 4.69) is 35.7 Å². The summed E-state index contributed by atoms with van der Waals surface area (Å²) >= 11 is 0. The van der Waals surface area contributed by atoms with Gasteiger partial charge < -0.3 is 10.6 Å². The van der Waals surface area contributed by atoms with Crippen molar-refractivity contribution in [1.29, 1.82) is 0 Å². The Morgan fingerprint density at radius 2 is 2.10 bits per heavy atom. The average molecular weight is 296 g/mol. The quantitative estimate of drug-likeness (QED) is 0.745. The summed E-state index contributed by atoms with van der Waals surface area (Å²) < 4.78 is 12.6. The molecule has 0 spiro atoms. The molecule has 10 heteroatoms. The van der Waals surface area contributed by atoms with Crippen molar-refractivity contribution in [3.63, 3.8) is 0 Å². The van der Waals surface area contributed by atoms with E-state index in [1.165, 1.54) is 17.3 Å². The Kier molecular flexibility index (Phi) is 4.56. The molecular formula is C10H16N8OS. The van der Waals surface area contributed by atoms with Crippen LogP contribution in [0.5, 0.6) is 0 Å². The fraction of sp³-hybridized carbons (Fsp3) is 0.500. The Balaban J connectivity index is 2.24. The first-order valence-corrected chi connectivity index (χ1v) is 7.66. The molecule has 2 atom stereocenters. The predicted molar refractivity (Wildman–Crippen MR) is 76.3 cm³/mol. The lowest BCUT2D eigenvalue weighted by atomic mass is 10.4. The zero-order valence-corrected chi connectivity index (χ0v) is 12.3. The number of hydrogen-bond donors (Lipinski definition) is 2. The predicted octanol–water partition coefficient (Wildman–Crippen LogP) is -0.327. The van der Waals surface area contributed by atoms with E-state index in [0.717, 1.165) is 0 Å². The maximum absolute atomic E-state index is 11.2. The molecule has 0 aliphatic rings. The molecule has 0 radical (unpaired) electrons. The van der Waals surface area contributed by atoms with Crippen LogP contribution in [0, 0.1) is 0 Å². The van der Waals surface area contributed by atoms with Gasteiger partial charge in [0.15, 0.2) is 0 Å². The smallest absolute Gasteiger partial charge is 0.258 e. The topological polar surface area (TPSA) is 111 Å². The standard InChI is InChI=1S/C10H16N8OS/c1-7(4-20(3)19)14-9-15-8(11-2)16-10(17-9)18-6-12-5-13-18/h5-7H,4H2,1-3H3,(H2,11,14,15,16,17). The van der Waals surface area contributed by atoms with Crippen molar-refractivity contribution in [1.82, 2.24) is 29.7 Å². The summed E-state index contributed by atoms with van der Waals surface area (Å²) in [5.41, 5.74) is 0. The Morgan fingerprint density at radius 1 is 1.35 bits per heavy atom. The maximum atomic E-state index is 11.2. The van der Waals surface area contributed by atoms with Gasteiger partial charge in [-0.25, -0.2) is 4.98 Å². The van der Waals surface area contributed by atoms with Crippen molar-refractivity contribution in [2.75, 3.05) is 29.7 Å². The highest BCUT2D eigenvalue weighted by molar-refractivity contribution is 7.84. The number of anilines is 2. The van der Waals surface area contributed by atoms with E-state index in [1.807, 2.05) is 6.92 Å². The minimum absolute atomic E-state index is 0.0171. The summed E-state index contributed by atoms with van der Waals surface area (Å²) in [5.74, 6) is 1.68.